The molecule has 0 aliphatic heterocycles. The lowest BCUT2D eigenvalue weighted by atomic mass is 10.2. The lowest BCUT2D eigenvalue weighted by molar-refractivity contribution is 0.102. The van der Waals surface area contributed by atoms with Gasteiger partial charge in [-0.15, -0.1) is 0 Å². The Hall–Kier alpha value is -3.02. The number of rotatable bonds is 4. The number of benzene rings is 1. The normalized spacial score (nSPS) is 10.5. The quantitative estimate of drug-likeness (QED) is 0.804. The van der Waals surface area contributed by atoms with Crippen molar-refractivity contribution in [3.8, 4) is 11.5 Å². The van der Waals surface area contributed by atoms with Crippen LogP contribution >= 0.6 is 0 Å². The van der Waals surface area contributed by atoms with Crippen molar-refractivity contribution in [1.29, 1.82) is 0 Å². The minimum Gasteiger partial charge on any atom is -0.493 e. The first-order chi connectivity index (χ1) is 10.7. The molecule has 6 heteroatoms. The molecule has 6 nitrogen and oxygen atoms in total. The van der Waals surface area contributed by atoms with Crippen LogP contribution in [-0.2, 0) is 0 Å². The van der Waals surface area contributed by atoms with Crippen molar-refractivity contribution in [2.45, 2.75) is 0 Å². The zero-order chi connectivity index (χ0) is 15.5. The molecule has 0 aliphatic rings. The Morgan fingerprint density at radius 1 is 1.14 bits per heavy atom. The minimum atomic E-state index is -0.260. The zero-order valence-electron chi connectivity index (χ0n) is 12.2. The third-order valence-corrected chi connectivity index (χ3v) is 3.25. The monoisotopic (exact) mass is 297 g/mol. The van der Waals surface area contributed by atoms with Crippen LogP contribution in [0.2, 0.25) is 0 Å². The summed E-state index contributed by atoms with van der Waals surface area (Å²) in [5.74, 6) is 1.31. The molecule has 0 saturated heterocycles. The fourth-order valence-corrected chi connectivity index (χ4v) is 2.16. The van der Waals surface area contributed by atoms with Crippen molar-refractivity contribution in [3.63, 3.8) is 0 Å². The molecule has 0 unspecified atom stereocenters. The van der Waals surface area contributed by atoms with Gasteiger partial charge in [0.15, 0.2) is 17.3 Å². The average molecular weight is 297 g/mol. The largest absolute Gasteiger partial charge is 0.493 e. The van der Waals surface area contributed by atoms with E-state index in [4.69, 9.17) is 9.47 Å². The first kappa shape index (κ1) is 13.9. The predicted molar refractivity (Wildman–Crippen MR) is 82.7 cm³/mol. The lowest BCUT2D eigenvalue weighted by Crippen LogP contribution is -2.12. The van der Waals surface area contributed by atoms with Crippen LogP contribution in [0.4, 0.5) is 5.82 Å². The predicted octanol–water partition coefficient (Wildman–Crippen LogP) is 2.60. The fourth-order valence-electron chi connectivity index (χ4n) is 2.16. The fraction of sp³-hybridized carbons (Fsp3) is 0.125. The molecule has 0 bridgehead atoms. The Morgan fingerprint density at radius 2 is 1.95 bits per heavy atom. The molecular formula is C16H15N3O3. The van der Waals surface area contributed by atoms with Gasteiger partial charge in [0.2, 0.25) is 0 Å². The summed E-state index contributed by atoms with van der Waals surface area (Å²) in [4.78, 5) is 16.6. The van der Waals surface area contributed by atoms with Crippen molar-refractivity contribution < 1.29 is 14.3 Å². The zero-order valence-corrected chi connectivity index (χ0v) is 12.2. The van der Waals surface area contributed by atoms with Gasteiger partial charge in [-0.1, -0.05) is 6.07 Å². The lowest BCUT2D eigenvalue weighted by Gasteiger charge is -2.09. The summed E-state index contributed by atoms with van der Waals surface area (Å²) >= 11 is 0. The second-order valence-corrected chi connectivity index (χ2v) is 4.62. The van der Waals surface area contributed by atoms with E-state index in [1.807, 2.05) is 28.8 Å². The second-order valence-electron chi connectivity index (χ2n) is 4.62. The number of fused-ring (bicyclic) bond motifs is 1. The molecule has 0 radical (unpaired) electrons. The Labute approximate surface area is 127 Å². The average Bonchev–Trinajstić information content (AvgIpc) is 2.96. The molecule has 112 valence electrons. The van der Waals surface area contributed by atoms with Crippen LogP contribution in [0.25, 0.3) is 5.65 Å². The molecule has 1 amide bonds. The number of pyridine rings is 1. The number of carbonyl (C=O) groups is 1. The van der Waals surface area contributed by atoms with E-state index in [-0.39, 0.29) is 5.91 Å². The SMILES string of the molecule is COc1ccc(C(=O)Nc2cn3ccccc3n2)cc1OC. The first-order valence-electron chi connectivity index (χ1n) is 6.68. The molecule has 1 N–H and O–H groups in total. The molecule has 0 atom stereocenters. The Balaban J connectivity index is 1.84. The number of hydrogen-bond donors (Lipinski definition) is 1. The van der Waals surface area contributed by atoms with E-state index in [1.54, 1.807) is 31.5 Å². The van der Waals surface area contributed by atoms with Gasteiger partial charge < -0.3 is 19.2 Å². The minimum absolute atomic E-state index is 0.260. The molecular weight excluding hydrogens is 282 g/mol. The number of hydrogen-bond acceptors (Lipinski definition) is 4. The third kappa shape index (κ3) is 2.58. The molecule has 0 spiro atoms. The maximum atomic E-state index is 12.3. The molecule has 3 rings (SSSR count). The van der Waals surface area contributed by atoms with E-state index in [9.17, 15) is 4.79 Å². The highest BCUT2D eigenvalue weighted by atomic mass is 16.5. The summed E-state index contributed by atoms with van der Waals surface area (Å²) in [5.41, 5.74) is 1.24. The molecule has 0 saturated carbocycles. The van der Waals surface area contributed by atoms with E-state index in [0.717, 1.165) is 5.65 Å². The van der Waals surface area contributed by atoms with Gasteiger partial charge in [0.1, 0.15) is 5.65 Å². The van der Waals surface area contributed by atoms with Crippen molar-refractivity contribution in [2.24, 2.45) is 0 Å². The van der Waals surface area contributed by atoms with E-state index in [0.29, 0.717) is 22.9 Å². The van der Waals surface area contributed by atoms with Gasteiger partial charge in [-0.3, -0.25) is 4.79 Å². The molecule has 0 fully saturated rings. The van der Waals surface area contributed by atoms with Crippen LogP contribution in [0, 0.1) is 0 Å². The van der Waals surface area contributed by atoms with E-state index < -0.39 is 0 Å². The van der Waals surface area contributed by atoms with Crippen LogP contribution in [0.1, 0.15) is 10.4 Å². The van der Waals surface area contributed by atoms with Gasteiger partial charge in [0.05, 0.1) is 20.4 Å². The standard InChI is InChI=1S/C16H15N3O3/c1-21-12-7-6-11(9-13(12)22-2)16(20)18-14-10-19-8-4-3-5-15(19)17-14/h3-10H,1-2H3,(H,18,20). The van der Waals surface area contributed by atoms with Gasteiger partial charge in [0.25, 0.3) is 5.91 Å². The maximum absolute atomic E-state index is 12.3. The Bertz CT molecular complexity index is 793. The van der Waals surface area contributed by atoms with Gasteiger partial charge >= 0.3 is 0 Å². The summed E-state index contributed by atoms with van der Waals surface area (Å²) in [6, 6.07) is 10.6. The van der Waals surface area contributed by atoms with E-state index >= 15 is 0 Å². The number of ether oxygens (including phenoxy) is 2. The number of nitrogens with zero attached hydrogens (tertiary/aromatic N) is 2. The van der Waals surface area contributed by atoms with Crippen molar-refractivity contribution >= 4 is 17.4 Å². The number of methoxy groups -OCH3 is 2. The van der Waals surface area contributed by atoms with Gasteiger partial charge in [-0.2, -0.15) is 0 Å². The highest BCUT2D eigenvalue weighted by molar-refractivity contribution is 6.04. The molecule has 1 aromatic carbocycles. The Morgan fingerprint density at radius 3 is 2.68 bits per heavy atom. The van der Waals surface area contributed by atoms with E-state index in [2.05, 4.69) is 10.3 Å². The van der Waals surface area contributed by atoms with Crippen LogP contribution in [0.15, 0.2) is 48.8 Å². The number of amides is 1. The summed E-state index contributed by atoms with van der Waals surface area (Å²) in [7, 11) is 3.08. The molecule has 2 aromatic heterocycles. The van der Waals surface area contributed by atoms with Crippen LogP contribution in [0.5, 0.6) is 11.5 Å². The van der Waals surface area contributed by atoms with Crippen molar-refractivity contribution in [2.75, 3.05) is 19.5 Å². The summed E-state index contributed by atoms with van der Waals surface area (Å²) in [6.45, 7) is 0. The Kier molecular flexibility index (Phi) is 3.65. The maximum Gasteiger partial charge on any atom is 0.256 e. The highest BCUT2D eigenvalue weighted by Crippen LogP contribution is 2.27. The van der Waals surface area contributed by atoms with Crippen LogP contribution in [0.3, 0.4) is 0 Å². The third-order valence-electron chi connectivity index (χ3n) is 3.25. The van der Waals surface area contributed by atoms with Gasteiger partial charge in [0, 0.05) is 11.8 Å². The number of imidazole rings is 1. The van der Waals surface area contributed by atoms with Crippen molar-refractivity contribution in [1.82, 2.24) is 9.38 Å². The molecule has 3 aromatic rings. The van der Waals surface area contributed by atoms with Crippen LogP contribution < -0.4 is 14.8 Å². The van der Waals surface area contributed by atoms with E-state index in [1.165, 1.54) is 7.11 Å². The number of carbonyl (C=O) groups excluding carboxylic acids is 1. The number of aromatic nitrogens is 2. The summed E-state index contributed by atoms with van der Waals surface area (Å²) < 4.78 is 12.2. The topological polar surface area (TPSA) is 64.9 Å². The summed E-state index contributed by atoms with van der Waals surface area (Å²) in [6.07, 6.45) is 3.63. The second kappa shape index (κ2) is 5.77. The van der Waals surface area contributed by atoms with Gasteiger partial charge in [-0.05, 0) is 30.3 Å². The first-order valence-corrected chi connectivity index (χ1v) is 6.68. The van der Waals surface area contributed by atoms with Crippen LogP contribution in [-0.4, -0.2) is 29.5 Å². The smallest absolute Gasteiger partial charge is 0.256 e. The summed E-state index contributed by atoms with van der Waals surface area (Å²) in [5, 5.41) is 2.77. The number of nitrogens with one attached hydrogen (secondary N) is 1. The highest BCUT2D eigenvalue weighted by Gasteiger charge is 2.12. The molecule has 22 heavy (non-hydrogen) atoms. The number of anilines is 1. The molecule has 0 aliphatic carbocycles. The van der Waals surface area contributed by atoms with Crippen molar-refractivity contribution in [3.05, 3.63) is 54.4 Å². The molecule has 2 heterocycles. The van der Waals surface area contributed by atoms with Gasteiger partial charge in [-0.25, -0.2) is 4.98 Å².